The summed E-state index contributed by atoms with van der Waals surface area (Å²) < 4.78 is 9.57. The molecule has 6 heteroatoms. The highest BCUT2D eigenvalue weighted by atomic mass is 16.5. The molecule has 0 spiro atoms. The van der Waals surface area contributed by atoms with Crippen LogP contribution < -0.4 is 5.32 Å². The number of esters is 1. The lowest BCUT2D eigenvalue weighted by Crippen LogP contribution is -2.31. The van der Waals surface area contributed by atoms with Gasteiger partial charge in [-0.15, -0.1) is 0 Å². The molecule has 1 N–H and O–H groups in total. The highest BCUT2D eigenvalue weighted by molar-refractivity contribution is 5.98. The summed E-state index contributed by atoms with van der Waals surface area (Å²) in [5.41, 5.74) is 1.63. The number of carbonyl (C=O) groups is 2. The van der Waals surface area contributed by atoms with E-state index in [0.717, 1.165) is 5.56 Å². The Labute approximate surface area is 129 Å². The minimum Gasteiger partial charge on any atom is -0.451 e. The molecule has 0 bridgehead atoms. The number of aryl methyl sites for hydroxylation is 1. The first-order chi connectivity index (χ1) is 10.6. The molecule has 0 saturated carbocycles. The minimum atomic E-state index is -0.829. The van der Waals surface area contributed by atoms with Gasteiger partial charge in [-0.05, 0) is 18.6 Å². The third-order valence-electron chi connectivity index (χ3n) is 2.69. The highest BCUT2D eigenvalue weighted by Crippen LogP contribution is 2.09. The molecule has 1 amide bonds. The molecule has 1 rings (SSSR count). The van der Waals surface area contributed by atoms with E-state index in [-0.39, 0.29) is 5.57 Å². The summed E-state index contributed by atoms with van der Waals surface area (Å²) in [6.45, 7) is 2.21. The van der Waals surface area contributed by atoms with E-state index in [1.54, 1.807) is 18.2 Å². The van der Waals surface area contributed by atoms with Gasteiger partial charge in [-0.2, -0.15) is 5.26 Å². The molecule has 0 aliphatic rings. The summed E-state index contributed by atoms with van der Waals surface area (Å²) in [7, 11) is 1.52. The molecule has 116 valence electrons. The molecule has 1 aromatic rings. The van der Waals surface area contributed by atoms with Crippen LogP contribution in [0.25, 0.3) is 6.08 Å². The van der Waals surface area contributed by atoms with Crippen LogP contribution in [-0.2, 0) is 19.1 Å². The second kappa shape index (κ2) is 9.32. The van der Waals surface area contributed by atoms with E-state index in [2.05, 4.69) is 5.32 Å². The second-order valence-corrected chi connectivity index (χ2v) is 4.50. The highest BCUT2D eigenvalue weighted by Gasteiger charge is 2.12. The lowest BCUT2D eigenvalue weighted by molar-refractivity contribution is -0.144. The first-order valence-corrected chi connectivity index (χ1v) is 6.68. The zero-order valence-electron chi connectivity index (χ0n) is 12.6. The largest absolute Gasteiger partial charge is 0.451 e. The van der Waals surface area contributed by atoms with Gasteiger partial charge >= 0.3 is 5.97 Å². The third kappa shape index (κ3) is 6.20. The fraction of sp³-hybridized carbons (Fsp3) is 0.312. The first kappa shape index (κ1) is 17.4. The van der Waals surface area contributed by atoms with Crippen LogP contribution in [0, 0.1) is 18.3 Å². The van der Waals surface area contributed by atoms with Crippen molar-refractivity contribution < 1.29 is 19.1 Å². The molecule has 0 saturated heterocycles. The summed E-state index contributed by atoms with van der Waals surface area (Å²) in [4.78, 5) is 23.1. The average Bonchev–Trinajstić information content (AvgIpc) is 2.52. The molecule has 6 nitrogen and oxygen atoms in total. The summed E-state index contributed by atoms with van der Waals surface area (Å²) in [6, 6.07) is 9.09. The lowest BCUT2D eigenvalue weighted by atomic mass is 10.1. The number of benzene rings is 1. The summed E-state index contributed by atoms with van der Waals surface area (Å²) in [5, 5.41) is 11.5. The molecule has 0 aliphatic carbocycles. The topological polar surface area (TPSA) is 88.4 Å². The molecule has 0 atom stereocenters. The Morgan fingerprint density at radius 2 is 2.00 bits per heavy atom. The van der Waals surface area contributed by atoms with E-state index in [1.807, 2.05) is 19.1 Å². The van der Waals surface area contributed by atoms with Crippen LogP contribution in [0.5, 0.6) is 0 Å². The lowest BCUT2D eigenvalue weighted by Gasteiger charge is -2.05. The van der Waals surface area contributed by atoms with Crippen LogP contribution >= 0.6 is 0 Å². The van der Waals surface area contributed by atoms with Crippen molar-refractivity contribution >= 4 is 18.0 Å². The van der Waals surface area contributed by atoms with E-state index < -0.39 is 18.5 Å². The molecular formula is C16H18N2O4. The van der Waals surface area contributed by atoms with Crippen molar-refractivity contribution in [1.29, 1.82) is 5.26 Å². The van der Waals surface area contributed by atoms with Gasteiger partial charge < -0.3 is 14.8 Å². The molecule has 0 heterocycles. The Morgan fingerprint density at radius 1 is 1.32 bits per heavy atom. The van der Waals surface area contributed by atoms with E-state index >= 15 is 0 Å². The van der Waals surface area contributed by atoms with Crippen LogP contribution in [0.3, 0.4) is 0 Å². The van der Waals surface area contributed by atoms with Crippen LogP contribution in [0.2, 0.25) is 0 Å². The van der Waals surface area contributed by atoms with Crippen molar-refractivity contribution in [3.63, 3.8) is 0 Å². The quantitative estimate of drug-likeness (QED) is 0.354. The van der Waals surface area contributed by atoms with Gasteiger partial charge in [0.1, 0.15) is 11.6 Å². The number of nitrogens with zero attached hydrogens (tertiary/aromatic N) is 1. The first-order valence-electron chi connectivity index (χ1n) is 6.68. The van der Waals surface area contributed by atoms with Crippen LogP contribution in [0.15, 0.2) is 29.8 Å². The van der Waals surface area contributed by atoms with E-state index in [1.165, 1.54) is 13.2 Å². The molecular weight excluding hydrogens is 284 g/mol. The average molecular weight is 302 g/mol. The van der Waals surface area contributed by atoms with E-state index in [4.69, 9.17) is 14.7 Å². The van der Waals surface area contributed by atoms with Gasteiger partial charge in [-0.1, -0.05) is 29.8 Å². The maximum atomic E-state index is 11.8. The predicted molar refractivity (Wildman–Crippen MR) is 80.6 cm³/mol. The van der Waals surface area contributed by atoms with Crippen molar-refractivity contribution in [2.75, 3.05) is 26.9 Å². The number of amides is 1. The predicted octanol–water partition coefficient (Wildman–Crippen LogP) is 1.21. The fourth-order valence-corrected chi connectivity index (χ4v) is 1.52. The van der Waals surface area contributed by atoms with Crippen LogP contribution in [0.1, 0.15) is 11.1 Å². The van der Waals surface area contributed by atoms with Crippen molar-refractivity contribution in [2.45, 2.75) is 6.92 Å². The van der Waals surface area contributed by atoms with Crippen LogP contribution in [0.4, 0.5) is 0 Å². The van der Waals surface area contributed by atoms with Gasteiger partial charge in [-0.25, -0.2) is 4.79 Å². The summed E-state index contributed by atoms with van der Waals surface area (Å²) in [5.74, 6) is -1.28. The van der Waals surface area contributed by atoms with Gasteiger partial charge in [0.05, 0.1) is 6.61 Å². The number of methoxy groups -OCH3 is 1. The normalized spacial score (nSPS) is 10.7. The second-order valence-electron chi connectivity index (χ2n) is 4.50. The van der Waals surface area contributed by atoms with Crippen molar-refractivity contribution in [3.8, 4) is 6.07 Å². The van der Waals surface area contributed by atoms with Crippen molar-refractivity contribution in [2.24, 2.45) is 0 Å². The van der Waals surface area contributed by atoms with E-state index in [0.29, 0.717) is 18.7 Å². The minimum absolute atomic E-state index is 0.159. The van der Waals surface area contributed by atoms with Crippen LogP contribution in [-0.4, -0.2) is 38.7 Å². The molecule has 1 aromatic carbocycles. The van der Waals surface area contributed by atoms with Crippen molar-refractivity contribution in [1.82, 2.24) is 5.32 Å². The maximum absolute atomic E-state index is 11.8. The van der Waals surface area contributed by atoms with Gasteiger partial charge in [-0.3, -0.25) is 4.79 Å². The third-order valence-corrected chi connectivity index (χ3v) is 2.69. The van der Waals surface area contributed by atoms with Crippen molar-refractivity contribution in [3.05, 3.63) is 41.0 Å². The summed E-state index contributed by atoms with van der Waals surface area (Å²) in [6.07, 6.45) is 1.42. The zero-order chi connectivity index (χ0) is 16.4. The van der Waals surface area contributed by atoms with Gasteiger partial charge in [0.2, 0.25) is 0 Å². The number of nitrogens with one attached hydrogen (secondary N) is 1. The number of rotatable bonds is 7. The Kier molecular flexibility index (Phi) is 7.37. The molecule has 22 heavy (non-hydrogen) atoms. The molecule has 0 unspecified atom stereocenters. The fourth-order valence-electron chi connectivity index (χ4n) is 1.52. The molecule has 0 fully saturated rings. The molecule has 0 aromatic heterocycles. The molecule has 0 aliphatic heterocycles. The SMILES string of the molecule is COCCNC(=O)COC(=O)/C(C#N)=C/c1ccc(C)cc1. The Morgan fingerprint density at radius 3 is 2.59 bits per heavy atom. The Hall–Kier alpha value is -2.65. The number of nitriles is 1. The Balaban J connectivity index is 2.56. The number of hydrogen-bond donors (Lipinski definition) is 1. The number of hydrogen-bond acceptors (Lipinski definition) is 5. The van der Waals surface area contributed by atoms with Gasteiger partial charge in [0.15, 0.2) is 6.61 Å². The molecule has 0 radical (unpaired) electrons. The van der Waals surface area contributed by atoms with E-state index in [9.17, 15) is 9.59 Å². The standard InChI is InChI=1S/C16H18N2O4/c1-12-3-5-13(6-4-12)9-14(10-17)16(20)22-11-15(19)18-7-8-21-2/h3-6,9H,7-8,11H2,1-2H3,(H,18,19)/b14-9+. The monoisotopic (exact) mass is 302 g/mol. The zero-order valence-corrected chi connectivity index (χ0v) is 12.6. The van der Waals surface area contributed by atoms with Gasteiger partial charge in [0.25, 0.3) is 5.91 Å². The summed E-state index contributed by atoms with van der Waals surface area (Å²) >= 11 is 0. The number of ether oxygens (including phenoxy) is 2. The Bertz CT molecular complexity index is 585. The number of carbonyl (C=O) groups excluding carboxylic acids is 2. The smallest absolute Gasteiger partial charge is 0.349 e. The van der Waals surface area contributed by atoms with Gasteiger partial charge in [0, 0.05) is 13.7 Å². The maximum Gasteiger partial charge on any atom is 0.349 e.